The number of ether oxygens (including phenoxy) is 1. The van der Waals surface area contributed by atoms with E-state index in [4.69, 9.17) is 4.74 Å². The summed E-state index contributed by atoms with van der Waals surface area (Å²) in [5.41, 5.74) is 6.33. The van der Waals surface area contributed by atoms with Crippen LogP contribution in [-0.2, 0) is 16.6 Å². The van der Waals surface area contributed by atoms with Crippen LogP contribution in [0, 0.1) is 16.7 Å². The summed E-state index contributed by atoms with van der Waals surface area (Å²) in [6, 6.07) is 18.5. The van der Waals surface area contributed by atoms with Crippen LogP contribution in [0.25, 0.3) is 0 Å². The molecule has 2 saturated heterocycles. The Hall–Kier alpha value is -2.55. The van der Waals surface area contributed by atoms with Crippen LogP contribution in [0.2, 0.25) is 0 Å². The first-order chi connectivity index (χ1) is 16.4. The van der Waals surface area contributed by atoms with Gasteiger partial charge in [-0.15, -0.1) is 0 Å². The van der Waals surface area contributed by atoms with Gasteiger partial charge in [-0.05, 0) is 61.9 Å². The predicted octanol–water partition coefficient (Wildman–Crippen LogP) is 4.98. The Kier molecular flexibility index (Phi) is 4.01. The van der Waals surface area contributed by atoms with Gasteiger partial charge < -0.3 is 15.0 Å². The molecule has 5 heteroatoms. The highest BCUT2D eigenvalue weighted by Gasteiger charge is 2.73. The number of benzene rings is 2. The largest absolute Gasteiger partial charge is 0.369 e. The molecule has 2 aromatic rings. The first kappa shape index (κ1) is 20.8. The van der Waals surface area contributed by atoms with Crippen molar-refractivity contribution in [2.45, 2.75) is 81.8 Å². The summed E-state index contributed by atoms with van der Waals surface area (Å²) in [4.78, 5) is 5.03. The van der Waals surface area contributed by atoms with Gasteiger partial charge >= 0.3 is 0 Å². The fourth-order valence-electron chi connectivity index (χ4n) is 8.64. The average Bonchev–Trinajstić information content (AvgIpc) is 3.43. The molecule has 5 aliphatic rings. The lowest BCUT2D eigenvalue weighted by atomic mass is 9.49. The molecule has 7 rings (SSSR count). The first-order valence-corrected chi connectivity index (χ1v) is 12.9. The predicted molar refractivity (Wildman–Crippen MR) is 134 cm³/mol. The van der Waals surface area contributed by atoms with E-state index in [0.29, 0.717) is 0 Å². The average molecular weight is 455 g/mol. The number of nitriles is 1. The van der Waals surface area contributed by atoms with Gasteiger partial charge in [0.15, 0.2) is 0 Å². The van der Waals surface area contributed by atoms with E-state index in [0.717, 1.165) is 32.2 Å². The number of hydrogen-bond acceptors (Lipinski definition) is 5. The molecule has 5 heterocycles. The summed E-state index contributed by atoms with van der Waals surface area (Å²) >= 11 is 0. The van der Waals surface area contributed by atoms with E-state index in [1.54, 1.807) is 0 Å². The van der Waals surface area contributed by atoms with Gasteiger partial charge in [0.2, 0.25) is 0 Å². The van der Waals surface area contributed by atoms with Crippen LogP contribution in [0.1, 0.15) is 62.8 Å². The maximum atomic E-state index is 10.7. The number of para-hydroxylation sites is 1. The fraction of sp³-hybridized carbons (Fsp3) is 0.552. The summed E-state index contributed by atoms with van der Waals surface area (Å²) in [6.45, 7) is 7.74. The van der Waals surface area contributed by atoms with Crippen molar-refractivity contribution < 1.29 is 4.74 Å². The van der Waals surface area contributed by atoms with Gasteiger partial charge in [0.05, 0.1) is 23.9 Å². The zero-order valence-corrected chi connectivity index (χ0v) is 20.6. The molecule has 0 aromatic heterocycles. The standard InChI is InChI=1S/C29H34N4O/c1-5-13-28-16-18-9-6-7-11-20(18)31-26(28)33-15-14-29(28)22(17-30)32(4)21-12-8-10-19(23(21)29)24(33)25-27(2,3)34-25/h6-12,22,24-26,31H,5,13-16H2,1-4H3/t22-,24+,25-,26+,28+,29-/m1/s1. The summed E-state index contributed by atoms with van der Waals surface area (Å²) < 4.78 is 6.37. The highest BCUT2D eigenvalue weighted by Crippen LogP contribution is 2.69. The molecule has 34 heavy (non-hydrogen) atoms. The van der Waals surface area contributed by atoms with Gasteiger partial charge in [-0.2, -0.15) is 5.26 Å². The maximum absolute atomic E-state index is 10.7. The number of rotatable bonds is 3. The van der Waals surface area contributed by atoms with E-state index in [1.165, 1.54) is 28.1 Å². The Bertz CT molecular complexity index is 1230. The summed E-state index contributed by atoms with van der Waals surface area (Å²) in [5, 5.41) is 14.8. The molecule has 5 nitrogen and oxygen atoms in total. The minimum Gasteiger partial charge on any atom is -0.369 e. The molecule has 2 aromatic carbocycles. The van der Waals surface area contributed by atoms with Gasteiger partial charge in [-0.25, -0.2) is 0 Å². The molecule has 5 aliphatic heterocycles. The molecule has 7 atom stereocenters. The SMILES string of the molecule is CCC[C@]12Cc3ccccc3N[C@H]1N1CC[C@@]23c2c(cccc2N(C)[C@@H]3C#N)[C@H]1[C@H]1OC1(C)C. The number of likely N-dealkylation sites (N-methyl/N-ethyl adjacent to an activating group) is 1. The third-order valence-electron chi connectivity index (χ3n) is 9.92. The molecule has 176 valence electrons. The fourth-order valence-corrected chi connectivity index (χ4v) is 8.64. The van der Waals surface area contributed by atoms with Crippen molar-refractivity contribution in [2.24, 2.45) is 5.41 Å². The second kappa shape index (κ2) is 6.56. The molecule has 0 amide bonds. The molecule has 1 spiro atoms. The van der Waals surface area contributed by atoms with Crippen LogP contribution in [0.5, 0.6) is 0 Å². The quantitative estimate of drug-likeness (QED) is 0.663. The van der Waals surface area contributed by atoms with Crippen LogP contribution in [-0.4, -0.2) is 42.4 Å². The third kappa shape index (κ3) is 2.23. The van der Waals surface area contributed by atoms with E-state index in [-0.39, 0.29) is 40.8 Å². The van der Waals surface area contributed by atoms with Crippen molar-refractivity contribution in [1.82, 2.24) is 4.90 Å². The molecule has 2 fully saturated rings. The van der Waals surface area contributed by atoms with Gasteiger partial charge in [0.25, 0.3) is 0 Å². The zero-order valence-electron chi connectivity index (χ0n) is 20.6. The Balaban J connectivity index is 1.57. The van der Waals surface area contributed by atoms with E-state index < -0.39 is 0 Å². The van der Waals surface area contributed by atoms with Crippen LogP contribution < -0.4 is 10.2 Å². The van der Waals surface area contributed by atoms with Crippen molar-refractivity contribution in [3.63, 3.8) is 0 Å². The number of nitrogens with zero attached hydrogens (tertiary/aromatic N) is 3. The van der Waals surface area contributed by atoms with Crippen LogP contribution >= 0.6 is 0 Å². The normalized spacial score (nSPS) is 39.9. The van der Waals surface area contributed by atoms with E-state index in [9.17, 15) is 5.26 Å². The lowest BCUT2D eigenvalue weighted by molar-refractivity contribution is -0.0687. The summed E-state index contributed by atoms with van der Waals surface area (Å²) in [7, 11) is 2.14. The van der Waals surface area contributed by atoms with E-state index >= 15 is 0 Å². The van der Waals surface area contributed by atoms with E-state index in [1.807, 2.05) is 0 Å². The number of fused-ring (bicyclic) bond motifs is 1. The smallest absolute Gasteiger partial charge is 0.127 e. The summed E-state index contributed by atoms with van der Waals surface area (Å²) in [5.74, 6) is 0. The molecule has 1 unspecified atom stereocenters. The number of anilines is 2. The molecule has 1 N–H and O–H groups in total. The minimum atomic E-state index is -0.214. The van der Waals surface area contributed by atoms with Crippen molar-refractivity contribution in [1.29, 1.82) is 5.26 Å². The van der Waals surface area contributed by atoms with Crippen molar-refractivity contribution in [3.8, 4) is 6.07 Å². The van der Waals surface area contributed by atoms with Gasteiger partial charge in [-0.1, -0.05) is 43.7 Å². The summed E-state index contributed by atoms with van der Waals surface area (Å²) in [6.07, 6.45) is 4.56. The highest BCUT2D eigenvalue weighted by atomic mass is 16.6. The number of nitrogens with one attached hydrogen (secondary N) is 1. The van der Waals surface area contributed by atoms with Gasteiger partial charge in [0.1, 0.15) is 12.1 Å². The van der Waals surface area contributed by atoms with Crippen molar-refractivity contribution >= 4 is 11.4 Å². The number of piperidine rings is 1. The minimum absolute atomic E-state index is 0.0713. The highest BCUT2D eigenvalue weighted by molar-refractivity contribution is 5.72. The van der Waals surface area contributed by atoms with E-state index in [2.05, 4.69) is 91.5 Å². The van der Waals surface area contributed by atoms with Crippen LogP contribution in [0.4, 0.5) is 11.4 Å². The molecule has 0 radical (unpaired) electrons. The monoisotopic (exact) mass is 454 g/mol. The second-order valence-corrected chi connectivity index (χ2v) is 11.7. The van der Waals surface area contributed by atoms with Gasteiger partial charge in [-0.3, -0.25) is 4.90 Å². The lowest BCUT2D eigenvalue weighted by Crippen LogP contribution is -2.70. The molecule has 0 saturated carbocycles. The van der Waals surface area contributed by atoms with Crippen LogP contribution in [0.3, 0.4) is 0 Å². The maximum Gasteiger partial charge on any atom is 0.127 e. The lowest BCUT2D eigenvalue weighted by Gasteiger charge is -2.62. The Morgan fingerprint density at radius 2 is 1.97 bits per heavy atom. The molecule has 0 aliphatic carbocycles. The zero-order chi connectivity index (χ0) is 23.5. The number of hydrogen-bond donors (Lipinski definition) is 1. The van der Waals surface area contributed by atoms with Crippen molar-refractivity contribution in [3.05, 3.63) is 59.2 Å². The molecular weight excluding hydrogens is 420 g/mol. The van der Waals surface area contributed by atoms with Gasteiger partial charge in [0, 0.05) is 35.8 Å². The Morgan fingerprint density at radius 1 is 1.18 bits per heavy atom. The Labute approximate surface area is 202 Å². The first-order valence-electron chi connectivity index (χ1n) is 12.9. The third-order valence-corrected chi connectivity index (χ3v) is 9.92. The van der Waals surface area contributed by atoms with Crippen molar-refractivity contribution in [2.75, 3.05) is 23.8 Å². The topological polar surface area (TPSA) is 54.8 Å². The second-order valence-electron chi connectivity index (χ2n) is 11.7. The molecule has 2 bridgehead atoms. The Morgan fingerprint density at radius 3 is 2.71 bits per heavy atom. The number of epoxide rings is 1. The molecular formula is C29H34N4O. The van der Waals surface area contributed by atoms with Crippen LogP contribution in [0.15, 0.2) is 42.5 Å².